The van der Waals surface area contributed by atoms with Gasteiger partial charge in [0.25, 0.3) is 0 Å². The highest BCUT2D eigenvalue weighted by atomic mass is 32.1. The van der Waals surface area contributed by atoms with E-state index in [1.54, 1.807) is 0 Å². The van der Waals surface area contributed by atoms with Gasteiger partial charge in [-0.25, -0.2) is 4.79 Å². The fraction of sp³-hybridized carbons (Fsp3) is 0.588. The van der Waals surface area contributed by atoms with Gasteiger partial charge in [0.05, 0.1) is 24.5 Å². The molecule has 0 bridgehead atoms. The number of anilines is 1. The van der Waals surface area contributed by atoms with Crippen LogP contribution >= 0.6 is 11.3 Å². The van der Waals surface area contributed by atoms with Crippen LogP contribution in [0.5, 0.6) is 0 Å². The molecule has 1 amide bonds. The number of thiophene rings is 1. The molecule has 0 aromatic carbocycles. The van der Waals surface area contributed by atoms with Crippen LogP contribution in [0.1, 0.15) is 52.9 Å². The number of rotatable bonds is 4. The van der Waals surface area contributed by atoms with Crippen LogP contribution in [0.3, 0.4) is 0 Å². The first-order valence-corrected chi connectivity index (χ1v) is 9.11. The molecule has 1 aromatic rings. The smallest absolute Gasteiger partial charge is 0.341 e. The van der Waals surface area contributed by atoms with Gasteiger partial charge < -0.3 is 15.2 Å². The molecule has 2 aliphatic rings. The van der Waals surface area contributed by atoms with Gasteiger partial charge in [-0.2, -0.15) is 0 Å². The van der Waals surface area contributed by atoms with Gasteiger partial charge in [0.1, 0.15) is 5.00 Å². The number of carbonyl (C=O) groups excluding carboxylic acids is 2. The standard InChI is InChI=1S/C17H21NO5S/c1-23-17(22)13-11-7-4-8-12(11)24-15(13)18-14(19)9-5-2-3-6-10(9)16(20)21/h9-10H,2-8H2,1H3,(H,18,19)(H,20,21). The van der Waals surface area contributed by atoms with E-state index in [0.29, 0.717) is 23.4 Å². The molecular weight excluding hydrogens is 330 g/mol. The van der Waals surface area contributed by atoms with E-state index in [0.717, 1.165) is 42.5 Å². The topological polar surface area (TPSA) is 92.7 Å². The van der Waals surface area contributed by atoms with E-state index in [9.17, 15) is 19.5 Å². The molecule has 0 spiro atoms. The molecule has 130 valence electrons. The van der Waals surface area contributed by atoms with Crippen LogP contribution in [0.25, 0.3) is 0 Å². The third kappa shape index (κ3) is 3.05. The number of nitrogens with one attached hydrogen (secondary N) is 1. The SMILES string of the molecule is COC(=O)c1c(NC(=O)C2CCCCC2C(=O)O)sc2c1CCC2. The van der Waals surface area contributed by atoms with Crippen molar-refractivity contribution in [1.29, 1.82) is 0 Å². The average Bonchev–Trinajstić information content (AvgIpc) is 3.14. The number of hydrogen-bond acceptors (Lipinski definition) is 5. The summed E-state index contributed by atoms with van der Waals surface area (Å²) >= 11 is 1.41. The maximum absolute atomic E-state index is 12.7. The Balaban J connectivity index is 1.84. The molecule has 0 aliphatic heterocycles. The van der Waals surface area contributed by atoms with Crippen LogP contribution < -0.4 is 5.32 Å². The van der Waals surface area contributed by atoms with Crippen molar-refractivity contribution in [3.8, 4) is 0 Å². The first-order valence-electron chi connectivity index (χ1n) is 8.29. The van der Waals surface area contributed by atoms with E-state index in [4.69, 9.17) is 4.74 Å². The molecule has 1 fully saturated rings. The quantitative estimate of drug-likeness (QED) is 0.814. The van der Waals surface area contributed by atoms with Crippen molar-refractivity contribution in [2.75, 3.05) is 12.4 Å². The number of amides is 1. The number of aliphatic carboxylic acids is 1. The number of carboxylic acid groups (broad SMARTS) is 1. The molecule has 7 heteroatoms. The minimum atomic E-state index is -0.920. The minimum Gasteiger partial charge on any atom is -0.481 e. The predicted octanol–water partition coefficient (Wildman–Crippen LogP) is 2.85. The first-order chi connectivity index (χ1) is 11.5. The maximum atomic E-state index is 12.7. The van der Waals surface area contributed by atoms with Gasteiger partial charge in [0.15, 0.2) is 0 Å². The highest BCUT2D eigenvalue weighted by Gasteiger charge is 2.37. The van der Waals surface area contributed by atoms with Gasteiger partial charge in [0, 0.05) is 4.88 Å². The van der Waals surface area contributed by atoms with Crippen LogP contribution in [-0.4, -0.2) is 30.1 Å². The largest absolute Gasteiger partial charge is 0.481 e. The zero-order valence-corrected chi connectivity index (χ0v) is 14.4. The second kappa shape index (κ2) is 6.93. The maximum Gasteiger partial charge on any atom is 0.341 e. The number of methoxy groups -OCH3 is 1. The summed E-state index contributed by atoms with van der Waals surface area (Å²) in [6.07, 6.45) is 5.51. The summed E-state index contributed by atoms with van der Waals surface area (Å²) in [6, 6.07) is 0. The van der Waals surface area contributed by atoms with E-state index < -0.39 is 23.8 Å². The lowest BCUT2D eigenvalue weighted by molar-refractivity contribution is -0.147. The Bertz CT molecular complexity index is 681. The number of carboxylic acids is 1. The van der Waals surface area contributed by atoms with Gasteiger partial charge in [-0.15, -0.1) is 11.3 Å². The van der Waals surface area contributed by atoms with Gasteiger partial charge >= 0.3 is 11.9 Å². The van der Waals surface area contributed by atoms with Crippen molar-refractivity contribution in [1.82, 2.24) is 0 Å². The zero-order valence-electron chi connectivity index (χ0n) is 13.6. The highest BCUT2D eigenvalue weighted by molar-refractivity contribution is 7.17. The molecule has 0 radical (unpaired) electrons. The number of aryl methyl sites for hydroxylation is 1. The fourth-order valence-corrected chi connectivity index (χ4v) is 5.04. The Hall–Kier alpha value is -1.89. The number of esters is 1. The summed E-state index contributed by atoms with van der Waals surface area (Å²) < 4.78 is 4.87. The second-order valence-electron chi connectivity index (χ2n) is 6.38. The van der Waals surface area contributed by atoms with Crippen LogP contribution in [-0.2, 0) is 27.2 Å². The Morgan fingerprint density at radius 1 is 1.12 bits per heavy atom. The van der Waals surface area contributed by atoms with E-state index in [-0.39, 0.29) is 5.91 Å². The summed E-state index contributed by atoms with van der Waals surface area (Å²) in [5.41, 5.74) is 1.42. The van der Waals surface area contributed by atoms with Gasteiger partial charge in [-0.05, 0) is 37.7 Å². The normalized spacial score (nSPS) is 22.7. The second-order valence-corrected chi connectivity index (χ2v) is 7.48. The van der Waals surface area contributed by atoms with Crippen LogP contribution in [0.4, 0.5) is 5.00 Å². The fourth-order valence-electron chi connectivity index (χ4n) is 3.76. The van der Waals surface area contributed by atoms with Crippen LogP contribution in [0, 0.1) is 11.8 Å². The van der Waals surface area contributed by atoms with Gasteiger partial charge in [0.2, 0.25) is 5.91 Å². The molecule has 2 N–H and O–H groups in total. The summed E-state index contributed by atoms with van der Waals surface area (Å²) in [5.74, 6) is -2.85. The number of hydrogen-bond donors (Lipinski definition) is 2. The highest BCUT2D eigenvalue weighted by Crippen LogP contribution is 2.40. The molecule has 2 aliphatic carbocycles. The monoisotopic (exact) mass is 351 g/mol. The lowest BCUT2D eigenvalue weighted by Gasteiger charge is -2.27. The van der Waals surface area contributed by atoms with Crippen LogP contribution in [0.15, 0.2) is 0 Å². The predicted molar refractivity (Wildman–Crippen MR) is 89.4 cm³/mol. The first kappa shape index (κ1) is 17.0. The van der Waals surface area contributed by atoms with E-state index >= 15 is 0 Å². The van der Waals surface area contributed by atoms with E-state index in [1.807, 2.05) is 0 Å². The summed E-state index contributed by atoms with van der Waals surface area (Å²) in [4.78, 5) is 37.3. The van der Waals surface area contributed by atoms with Crippen molar-refractivity contribution in [2.45, 2.75) is 44.9 Å². The third-order valence-corrected chi connectivity index (χ3v) is 6.17. The molecule has 2 atom stereocenters. The summed E-state index contributed by atoms with van der Waals surface area (Å²) in [7, 11) is 1.33. The average molecular weight is 351 g/mol. The zero-order chi connectivity index (χ0) is 17.3. The minimum absolute atomic E-state index is 0.299. The van der Waals surface area contributed by atoms with Crippen molar-refractivity contribution in [3.63, 3.8) is 0 Å². The summed E-state index contributed by atoms with van der Waals surface area (Å²) in [6.45, 7) is 0. The Kier molecular flexibility index (Phi) is 4.89. The van der Waals surface area contributed by atoms with Crippen molar-refractivity contribution in [2.24, 2.45) is 11.8 Å². The lowest BCUT2D eigenvalue weighted by atomic mass is 9.79. The molecule has 3 rings (SSSR count). The third-order valence-electron chi connectivity index (χ3n) is 4.97. The molecule has 1 saturated carbocycles. The van der Waals surface area contributed by atoms with E-state index in [1.165, 1.54) is 18.4 Å². The number of fused-ring (bicyclic) bond motifs is 1. The van der Waals surface area contributed by atoms with Gasteiger partial charge in [-0.3, -0.25) is 9.59 Å². The van der Waals surface area contributed by atoms with Crippen molar-refractivity contribution in [3.05, 3.63) is 16.0 Å². The summed E-state index contributed by atoms with van der Waals surface area (Å²) in [5, 5.41) is 12.7. The van der Waals surface area contributed by atoms with Crippen LogP contribution in [0.2, 0.25) is 0 Å². The number of ether oxygens (including phenoxy) is 1. The Morgan fingerprint density at radius 2 is 1.83 bits per heavy atom. The molecule has 1 heterocycles. The van der Waals surface area contributed by atoms with Gasteiger partial charge in [-0.1, -0.05) is 12.8 Å². The molecule has 0 saturated heterocycles. The van der Waals surface area contributed by atoms with Crippen molar-refractivity contribution < 1.29 is 24.2 Å². The Labute approximate surface area is 144 Å². The Morgan fingerprint density at radius 3 is 2.50 bits per heavy atom. The molecular formula is C17H21NO5S. The van der Waals surface area contributed by atoms with E-state index in [2.05, 4.69) is 5.32 Å². The molecule has 6 nitrogen and oxygen atoms in total. The number of carbonyl (C=O) groups is 3. The van der Waals surface area contributed by atoms with Crippen molar-refractivity contribution >= 4 is 34.2 Å². The lowest BCUT2D eigenvalue weighted by Crippen LogP contribution is -2.36. The molecule has 1 aromatic heterocycles. The molecule has 2 unspecified atom stereocenters. The molecule has 24 heavy (non-hydrogen) atoms.